The number of hydrogen-bond donors (Lipinski definition) is 0. The SMILES string of the molecule is Clc1ccc(C(=CCCCCC=C(c2ccc(Cl)cc2)c2ccc(Cl)cc2)c2ccc(Cl)cc2)cc1. The van der Waals surface area contributed by atoms with Gasteiger partial charge >= 0.3 is 0 Å². The van der Waals surface area contributed by atoms with Gasteiger partial charge in [0.2, 0.25) is 0 Å². The van der Waals surface area contributed by atoms with E-state index >= 15 is 0 Å². The van der Waals surface area contributed by atoms with Gasteiger partial charge in [0.1, 0.15) is 0 Å². The number of benzene rings is 4. The molecule has 0 amide bonds. The lowest BCUT2D eigenvalue weighted by Gasteiger charge is -2.10. The van der Waals surface area contributed by atoms with Gasteiger partial charge in [0.05, 0.1) is 0 Å². The standard InChI is InChI=1S/C32H26Cl4/c33-27-15-7-23(8-16-27)31(24-9-17-28(34)18-10-24)5-3-1-2-4-6-32(25-11-19-29(35)20-12-25)26-13-21-30(36)22-14-26/h5-22H,1-4H2. The van der Waals surface area contributed by atoms with Gasteiger partial charge in [-0.25, -0.2) is 0 Å². The molecule has 0 bridgehead atoms. The van der Waals surface area contributed by atoms with Crippen LogP contribution in [0.3, 0.4) is 0 Å². The summed E-state index contributed by atoms with van der Waals surface area (Å²) in [6.45, 7) is 0. The van der Waals surface area contributed by atoms with Gasteiger partial charge in [-0.15, -0.1) is 0 Å². The Labute approximate surface area is 233 Å². The van der Waals surface area contributed by atoms with Crippen LogP contribution >= 0.6 is 46.4 Å². The van der Waals surface area contributed by atoms with Gasteiger partial charge in [-0.1, -0.05) is 107 Å². The second-order valence-electron chi connectivity index (χ2n) is 8.55. The second kappa shape index (κ2) is 13.2. The molecule has 0 saturated carbocycles. The number of rotatable bonds is 9. The molecule has 182 valence electrons. The second-order valence-corrected chi connectivity index (χ2v) is 10.3. The van der Waals surface area contributed by atoms with E-state index in [9.17, 15) is 0 Å². The van der Waals surface area contributed by atoms with Gasteiger partial charge < -0.3 is 0 Å². The van der Waals surface area contributed by atoms with Crippen molar-refractivity contribution < 1.29 is 0 Å². The first-order valence-corrected chi connectivity index (χ1v) is 13.4. The Hall–Kier alpha value is -2.48. The van der Waals surface area contributed by atoms with Gasteiger partial charge in [0, 0.05) is 20.1 Å². The topological polar surface area (TPSA) is 0 Å². The Morgan fingerprint density at radius 2 is 0.611 bits per heavy atom. The fraction of sp³-hybridized carbons (Fsp3) is 0.125. The molecule has 0 heterocycles. The van der Waals surface area contributed by atoms with Gasteiger partial charge in [0.25, 0.3) is 0 Å². The van der Waals surface area contributed by atoms with Crippen LogP contribution in [-0.2, 0) is 0 Å². The zero-order valence-electron chi connectivity index (χ0n) is 19.7. The molecule has 4 heteroatoms. The van der Waals surface area contributed by atoms with Crippen molar-refractivity contribution in [1.82, 2.24) is 0 Å². The zero-order valence-corrected chi connectivity index (χ0v) is 22.8. The quantitative estimate of drug-likeness (QED) is 0.181. The predicted molar refractivity (Wildman–Crippen MR) is 158 cm³/mol. The molecule has 4 aromatic carbocycles. The van der Waals surface area contributed by atoms with Crippen molar-refractivity contribution in [3.05, 3.63) is 152 Å². The summed E-state index contributed by atoms with van der Waals surface area (Å²) in [4.78, 5) is 0. The smallest absolute Gasteiger partial charge is 0.0406 e. The highest BCUT2D eigenvalue weighted by Crippen LogP contribution is 2.29. The first-order chi connectivity index (χ1) is 17.5. The van der Waals surface area contributed by atoms with E-state index in [0.29, 0.717) is 0 Å². The Bertz CT molecular complexity index is 1110. The van der Waals surface area contributed by atoms with Crippen molar-refractivity contribution in [2.75, 3.05) is 0 Å². The maximum atomic E-state index is 6.12. The monoisotopic (exact) mass is 550 g/mol. The lowest BCUT2D eigenvalue weighted by Crippen LogP contribution is -1.89. The number of halogens is 4. The van der Waals surface area contributed by atoms with Crippen molar-refractivity contribution in [1.29, 1.82) is 0 Å². The van der Waals surface area contributed by atoms with E-state index in [1.807, 2.05) is 48.5 Å². The first kappa shape index (κ1) is 26.6. The lowest BCUT2D eigenvalue weighted by molar-refractivity contribution is 0.763. The number of hydrogen-bond acceptors (Lipinski definition) is 0. The van der Waals surface area contributed by atoms with Gasteiger partial charge in [-0.05, 0) is 108 Å². The normalized spacial score (nSPS) is 10.7. The molecule has 0 aliphatic heterocycles. The summed E-state index contributed by atoms with van der Waals surface area (Å²) >= 11 is 24.5. The highest BCUT2D eigenvalue weighted by molar-refractivity contribution is 6.31. The van der Waals surface area contributed by atoms with E-state index in [4.69, 9.17) is 46.4 Å². The van der Waals surface area contributed by atoms with Gasteiger partial charge in [0.15, 0.2) is 0 Å². The Kier molecular flexibility index (Phi) is 9.73. The van der Waals surface area contributed by atoms with Crippen LogP contribution in [0.5, 0.6) is 0 Å². The molecular formula is C32H26Cl4. The number of allylic oxidation sites excluding steroid dienone is 2. The molecule has 4 aromatic rings. The summed E-state index contributed by atoms with van der Waals surface area (Å²) in [5.41, 5.74) is 6.98. The third kappa shape index (κ3) is 7.51. The maximum Gasteiger partial charge on any atom is 0.0406 e. The predicted octanol–water partition coefficient (Wildman–Crippen LogP) is 11.4. The average Bonchev–Trinajstić information content (AvgIpc) is 2.89. The van der Waals surface area contributed by atoms with E-state index in [0.717, 1.165) is 68.0 Å². The van der Waals surface area contributed by atoms with Crippen molar-refractivity contribution in [3.63, 3.8) is 0 Å². The molecular weight excluding hydrogens is 526 g/mol. The maximum absolute atomic E-state index is 6.12. The molecule has 36 heavy (non-hydrogen) atoms. The average molecular weight is 552 g/mol. The van der Waals surface area contributed by atoms with Crippen molar-refractivity contribution >= 4 is 57.5 Å². The first-order valence-electron chi connectivity index (χ1n) is 11.9. The van der Waals surface area contributed by atoms with Crippen LogP contribution in [0.25, 0.3) is 11.1 Å². The summed E-state index contributed by atoms with van der Waals surface area (Å²) in [5, 5.41) is 2.94. The molecule has 0 radical (unpaired) electrons. The minimum Gasteiger partial charge on any atom is -0.0843 e. The fourth-order valence-corrected chi connectivity index (χ4v) is 4.61. The molecule has 4 rings (SSSR count). The molecule has 0 nitrogen and oxygen atoms in total. The van der Waals surface area contributed by atoms with Crippen molar-refractivity contribution in [3.8, 4) is 0 Å². The van der Waals surface area contributed by atoms with Crippen LogP contribution in [0.1, 0.15) is 47.9 Å². The summed E-state index contributed by atoms with van der Waals surface area (Å²) < 4.78 is 0. The highest BCUT2D eigenvalue weighted by atomic mass is 35.5. The molecule has 0 N–H and O–H groups in total. The molecule has 0 unspecified atom stereocenters. The molecule has 0 saturated heterocycles. The van der Waals surface area contributed by atoms with Crippen LogP contribution in [0.2, 0.25) is 20.1 Å². The summed E-state index contributed by atoms with van der Waals surface area (Å²) in [6, 6.07) is 32.0. The van der Waals surface area contributed by atoms with Crippen LogP contribution in [0.15, 0.2) is 109 Å². The Morgan fingerprint density at radius 3 is 0.833 bits per heavy atom. The summed E-state index contributed by atoms with van der Waals surface area (Å²) in [5.74, 6) is 0. The largest absolute Gasteiger partial charge is 0.0843 e. The van der Waals surface area contributed by atoms with Crippen LogP contribution < -0.4 is 0 Å². The van der Waals surface area contributed by atoms with Gasteiger partial charge in [-0.2, -0.15) is 0 Å². The van der Waals surface area contributed by atoms with Crippen molar-refractivity contribution in [2.45, 2.75) is 25.7 Å². The third-order valence-corrected chi connectivity index (χ3v) is 6.98. The molecule has 0 aliphatic rings. The molecule has 0 aromatic heterocycles. The van der Waals surface area contributed by atoms with E-state index in [1.54, 1.807) is 0 Å². The minimum atomic E-state index is 0.734. The Morgan fingerprint density at radius 1 is 0.389 bits per heavy atom. The highest BCUT2D eigenvalue weighted by Gasteiger charge is 2.07. The Balaban J connectivity index is 1.46. The minimum absolute atomic E-state index is 0.734. The lowest BCUT2D eigenvalue weighted by atomic mass is 9.95. The summed E-state index contributed by atoms with van der Waals surface area (Å²) in [6.07, 6.45) is 8.74. The molecule has 0 spiro atoms. The van der Waals surface area contributed by atoms with Crippen LogP contribution in [0, 0.1) is 0 Å². The van der Waals surface area contributed by atoms with Gasteiger partial charge in [-0.3, -0.25) is 0 Å². The van der Waals surface area contributed by atoms with E-state index in [-0.39, 0.29) is 0 Å². The van der Waals surface area contributed by atoms with E-state index in [2.05, 4.69) is 60.7 Å². The molecule has 0 fully saturated rings. The van der Waals surface area contributed by atoms with E-state index < -0.39 is 0 Å². The van der Waals surface area contributed by atoms with Crippen LogP contribution in [0.4, 0.5) is 0 Å². The van der Waals surface area contributed by atoms with Crippen molar-refractivity contribution in [2.24, 2.45) is 0 Å². The zero-order chi connectivity index (χ0) is 25.3. The summed E-state index contributed by atoms with van der Waals surface area (Å²) in [7, 11) is 0. The third-order valence-electron chi connectivity index (χ3n) is 5.98. The van der Waals surface area contributed by atoms with E-state index in [1.165, 1.54) is 11.1 Å². The van der Waals surface area contributed by atoms with Crippen LogP contribution in [-0.4, -0.2) is 0 Å². The fourth-order valence-electron chi connectivity index (χ4n) is 4.10. The molecule has 0 atom stereocenters. The number of unbranched alkanes of at least 4 members (excludes halogenated alkanes) is 3. The molecule has 0 aliphatic carbocycles.